The predicted molar refractivity (Wildman–Crippen MR) is 149 cm³/mol. The molecule has 2 fully saturated rings. The minimum absolute atomic E-state index is 0.0198. The molecule has 6 atom stereocenters. The Labute approximate surface area is 255 Å². The molecule has 0 aromatic heterocycles. The Balaban J connectivity index is 1.46. The maximum atomic E-state index is 13.8. The van der Waals surface area contributed by atoms with Crippen LogP contribution in [0.5, 0.6) is 17.2 Å². The first kappa shape index (κ1) is 30.8. The van der Waals surface area contributed by atoms with Gasteiger partial charge in [0, 0.05) is 48.8 Å². The van der Waals surface area contributed by atoms with Crippen LogP contribution in [0.3, 0.4) is 0 Å². The second-order valence-electron chi connectivity index (χ2n) is 11.7. The Bertz CT molecular complexity index is 1650. The lowest BCUT2D eigenvalue weighted by molar-refractivity contribution is -0.256. The second-order valence-corrected chi connectivity index (χ2v) is 11.7. The highest BCUT2D eigenvalue weighted by molar-refractivity contribution is 6.31. The lowest BCUT2D eigenvalue weighted by Gasteiger charge is -2.44. The third-order valence-electron chi connectivity index (χ3n) is 9.15. The number of carbonyl (C=O) groups is 5. The number of fused-ring (bicyclic) bond motifs is 3. The van der Waals surface area contributed by atoms with Gasteiger partial charge < -0.3 is 39.7 Å². The van der Waals surface area contributed by atoms with Crippen molar-refractivity contribution in [2.75, 3.05) is 13.7 Å². The monoisotopic (exact) mass is 625 g/mol. The number of Topliss-reactive ketones (excluding diaryl/α,β-unsaturated/α-hetero) is 1. The van der Waals surface area contributed by atoms with E-state index in [1.54, 1.807) is 0 Å². The summed E-state index contributed by atoms with van der Waals surface area (Å²) in [5.74, 6) is -5.06. The number of nitrogens with zero attached hydrogens (tertiary/aromatic N) is 1. The van der Waals surface area contributed by atoms with Crippen molar-refractivity contribution in [3.8, 4) is 17.2 Å². The van der Waals surface area contributed by atoms with Gasteiger partial charge in [-0.25, -0.2) is 0 Å². The van der Waals surface area contributed by atoms with Gasteiger partial charge in [-0.1, -0.05) is 12.1 Å². The fourth-order valence-corrected chi connectivity index (χ4v) is 6.91. The zero-order valence-electron chi connectivity index (χ0n) is 24.3. The van der Waals surface area contributed by atoms with Gasteiger partial charge in [0.2, 0.25) is 17.6 Å². The van der Waals surface area contributed by atoms with Crippen molar-refractivity contribution < 1.29 is 63.7 Å². The van der Waals surface area contributed by atoms with E-state index in [0.29, 0.717) is 0 Å². The van der Waals surface area contributed by atoms with E-state index in [4.69, 9.17) is 14.2 Å². The summed E-state index contributed by atoms with van der Waals surface area (Å²) >= 11 is 0. The highest BCUT2D eigenvalue weighted by Crippen LogP contribution is 2.52. The molecular formula is C31H31NO13. The molecule has 0 unspecified atom stereocenters. The van der Waals surface area contributed by atoms with Gasteiger partial charge in [0.1, 0.15) is 35.6 Å². The van der Waals surface area contributed by atoms with Crippen molar-refractivity contribution in [3.63, 3.8) is 0 Å². The number of phenolic OH excluding ortho intramolecular Hbond substituents is 2. The molecule has 238 valence electrons. The van der Waals surface area contributed by atoms with Gasteiger partial charge in [0.25, 0.3) is 0 Å². The first-order chi connectivity index (χ1) is 21.3. The molecule has 2 heterocycles. The molecule has 2 aliphatic carbocycles. The maximum Gasteiger partial charge on any atom is 0.230 e. The lowest BCUT2D eigenvalue weighted by Crippen LogP contribution is -2.57. The van der Waals surface area contributed by atoms with Crippen LogP contribution in [0.2, 0.25) is 0 Å². The number of aliphatic hydroxyl groups is 3. The van der Waals surface area contributed by atoms with Crippen LogP contribution in [0.25, 0.3) is 0 Å². The molecule has 0 bridgehead atoms. The van der Waals surface area contributed by atoms with Gasteiger partial charge >= 0.3 is 0 Å². The summed E-state index contributed by atoms with van der Waals surface area (Å²) in [4.78, 5) is 66.2. The average molecular weight is 626 g/mol. The van der Waals surface area contributed by atoms with Crippen LogP contribution in [-0.4, -0.2) is 103 Å². The van der Waals surface area contributed by atoms with E-state index in [1.807, 2.05) is 0 Å². The second kappa shape index (κ2) is 11.0. The molecule has 2 saturated heterocycles. The largest absolute Gasteiger partial charge is 0.507 e. The number of aliphatic hydroxyl groups excluding tert-OH is 2. The van der Waals surface area contributed by atoms with Crippen molar-refractivity contribution in [2.24, 2.45) is 0 Å². The minimum atomic E-state index is -2.34. The molecule has 45 heavy (non-hydrogen) atoms. The van der Waals surface area contributed by atoms with Gasteiger partial charge in [-0.2, -0.15) is 0 Å². The molecule has 0 spiro atoms. The fourth-order valence-electron chi connectivity index (χ4n) is 6.91. The van der Waals surface area contributed by atoms with Gasteiger partial charge in [0.15, 0.2) is 17.9 Å². The van der Waals surface area contributed by atoms with Crippen molar-refractivity contribution in [1.82, 2.24) is 4.90 Å². The average Bonchev–Trinajstić information content (AvgIpc) is 3.35. The SMILES string of the molecule is COc1cccc2c1C(=O)c1c(O)c3c(c(O)c1C2=O)C[C@@](O)(C(=O)CO)C[C@@H]3O[C@H]1C[C@H](N2C(=O)CCC2=O)[C@H](O)[C@H](C)O1. The number of likely N-dealkylation sites (tertiary alicyclic amines) is 1. The van der Waals surface area contributed by atoms with E-state index in [2.05, 4.69) is 0 Å². The number of imide groups is 1. The van der Waals surface area contributed by atoms with E-state index < -0.39 is 107 Å². The Hall–Kier alpha value is -4.21. The topological polar surface area (TPSA) is 217 Å². The lowest BCUT2D eigenvalue weighted by atomic mass is 9.72. The smallest absolute Gasteiger partial charge is 0.230 e. The molecular weight excluding hydrogens is 594 g/mol. The normalized spacial score (nSPS) is 29.4. The van der Waals surface area contributed by atoms with Crippen molar-refractivity contribution in [2.45, 2.75) is 75.3 Å². The number of carbonyl (C=O) groups excluding carboxylic acids is 5. The highest BCUT2D eigenvalue weighted by atomic mass is 16.7. The van der Waals surface area contributed by atoms with Crippen LogP contribution in [-0.2, 0) is 30.3 Å². The minimum Gasteiger partial charge on any atom is -0.507 e. The summed E-state index contributed by atoms with van der Waals surface area (Å²) in [6, 6.07) is 3.26. The number of hydrogen-bond acceptors (Lipinski definition) is 13. The quantitative estimate of drug-likeness (QED) is 0.183. The van der Waals surface area contributed by atoms with Crippen LogP contribution in [0.4, 0.5) is 0 Å². The van der Waals surface area contributed by atoms with Crippen LogP contribution >= 0.6 is 0 Å². The zero-order valence-corrected chi connectivity index (χ0v) is 24.3. The van der Waals surface area contributed by atoms with E-state index >= 15 is 0 Å². The summed E-state index contributed by atoms with van der Waals surface area (Å²) in [7, 11) is 1.30. The highest BCUT2D eigenvalue weighted by Gasteiger charge is 2.51. The number of amides is 2. The summed E-state index contributed by atoms with van der Waals surface area (Å²) in [6.45, 7) is 0.415. The van der Waals surface area contributed by atoms with Crippen molar-refractivity contribution in [1.29, 1.82) is 0 Å². The summed E-state index contributed by atoms with van der Waals surface area (Å²) < 4.78 is 17.3. The predicted octanol–water partition coefficient (Wildman–Crippen LogP) is 0.192. The van der Waals surface area contributed by atoms with E-state index in [0.717, 1.165) is 4.90 Å². The number of phenols is 2. The Morgan fingerprint density at radius 1 is 1.04 bits per heavy atom. The third kappa shape index (κ3) is 4.63. The summed E-state index contributed by atoms with van der Waals surface area (Å²) in [5.41, 5.74) is -4.08. The first-order valence-corrected chi connectivity index (χ1v) is 14.4. The first-order valence-electron chi connectivity index (χ1n) is 14.4. The van der Waals surface area contributed by atoms with Crippen LogP contribution in [0.1, 0.15) is 81.7 Å². The molecule has 5 N–H and O–H groups in total. The molecule has 0 radical (unpaired) electrons. The number of benzene rings is 2. The van der Waals surface area contributed by atoms with Crippen molar-refractivity contribution >= 4 is 29.2 Å². The number of ketones is 3. The van der Waals surface area contributed by atoms with Crippen molar-refractivity contribution in [3.05, 3.63) is 51.6 Å². The molecule has 2 amide bonds. The number of rotatable bonds is 6. The number of hydrogen-bond donors (Lipinski definition) is 5. The van der Waals surface area contributed by atoms with Gasteiger partial charge in [-0.3, -0.25) is 28.9 Å². The van der Waals surface area contributed by atoms with E-state index in [-0.39, 0.29) is 47.3 Å². The molecule has 14 nitrogen and oxygen atoms in total. The molecule has 4 aliphatic rings. The standard InChI is InChI=1S/C31H31NO13/c1-12-26(37)15(32-19(35)6-7-20(32)36)8-21(44-12)45-17-10-31(42,18(34)11-33)9-14-23(17)30(41)25-24(28(14)39)27(38)13-4-3-5-16(43-2)22(13)29(25)40/h3-5,12,15,17,21,26,33,37,39,41-42H,6-11H2,1-2H3/t12-,15-,17-,21-,26+,31-/m0/s1. The van der Waals surface area contributed by atoms with Gasteiger partial charge in [-0.15, -0.1) is 0 Å². The summed E-state index contributed by atoms with van der Waals surface area (Å²) in [5, 5.41) is 55.0. The number of ether oxygens (including phenoxy) is 3. The molecule has 6 rings (SSSR count). The van der Waals surface area contributed by atoms with E-state index in [1.165, 1.54) is 32.2 Å². The number of methoxy groups -OCH3 is 1. The summed E-state index contributed by atoms with van der Waals surface area (Å²) in [6.07, 6.45) is -6.45. The van der Waals surface area contributed by atoms with Gasteiger partial charge in [0.05, 0.1) is 42.0 Å². The molecule has 2 aromatic carbocycles. The Morgan fingerprint density at radius 2 is 1.71 bits per heavy atom. The van der Waals surface area contributed by atoms with Crippen LogP contribution in [0, 0.1) is 0 Å². The molecule has 2 aliphatic heterocycles. The third-order valence-corrected chi connectivity index (χ3v) is 9.15. The maximum absolute atomic E-state index is 13.8. The zero-order chi connectivity index (χ0) is 32.5. The Kier molecular flexibility index (Phi) is 7.53. The molecule has 0 saturated carbocycles. The van der Waals surface area contributed by atoms with Crippen LogP contribution < -0.4 is 4.74 Å². The van der Waals surface area contributed by atoms with Crippen LogP contribution in [0.15, 0.2) is 18.2 Å². The fraction of sp³-hybridized carbons (Fsp3) is 0.452. The molecule has 14 heteroatoms. The van der Waals surface area contributed by atoms with Gasteiger partial charge in [-0.05, 0) is 13.0 Å². The number of aromatic hydroxyl groups is 2. The van der Waals surface area contributed by atoms with E-state index in [9.17, 15) is 49.5 Å². The Morgan fingerprint density at radius 3 is 2.36 bits per heavy atom. The molecule has 2 aromatic rings.